The van der Waals surface area contributed by atoms with E-state index in [-0.39, 0.29) is 22.5 Å². The predicted octanol–water partition coefficient (Wildman–Crippen LogP) is 5.00. The minimum Gasteiger partial charge on any atom is -0.341 e. The van der Waals surface area contributed by atoms with Gasteiger partial charge in [-0.25, -0.2) is 8.42 Å². The summed E-state index contributed by atoms with van der Waals surface area (Å²) in [6.07, 6.45) is 3.41. The van der Waals surface area contributed by atoms with Crippen molar-refractivity contribution >= 4 is 26.5 Å². The van der Waals surface area contributed by atoms with Gasteiger partial charge in [0.2, 0.25) is 0 Å². The van der Waals surface area contributed by atoms with E-state index in [1.165, 1.54) is 24.5 Å². The van der Waals surface area contributed by atoms with Gasteiger partial charge < -0.3 is 4.57 Å². The molecule has 4 aromatic rings. The number of pyridine rings is 1. The molecule has 6 heteroatoms. The van der Waals surface area contributed by atoms with E-state index in [1.54, 1.807) is 0 Å². The van der Waals surface area contributed by atoms with Crippen molar-refractivity contribution < 1.29 is 13.2 Å². The first-order chi connectivity index (χ1) is 14.9. The molecule has 2 aromatic heterocycles. The molecule has 0 aliphatic heterocycles. The van der Waals surface area contributed by atoms with Crippen LogP contribution in [-0.4, -0.2) is 29.5 Å². The fraction of sp³-hybridized carbons (Fsp3) is 0.200. The molecule has 0 spiro atoms. The molecule has 31 heavy (non-hydrogen) atoms. The van der Waals surface area contributed by atoms with Gasteiger partial charge in [-0.05, 0) is 38.5 Å². The number of para-hydroxylation sites is 1. The van der Waals surface area contributed by atoms with Crippen LogP contribution < -0.4 is 0 Å². The normalized spacial score (nSPS) is 12.7. The van der Waals surface area contributed by atoms with Crippen LogP contribution in [0.2, 0.25) is 0 Å². The summed E-state index contributed by atoms with van der Waals surface area (Å²) >= 11 is 0. The topological polar surface area (TPSA) is 69.0 Å². The quantitative estimate of drug-likeness (QED) is 0.385. The van der Waals surface area contributed by atoms with Crippen LogP contribution in [0.4, 0.5) is 0 Å². The summed E-state index contributed by atoms with van der Waals surface area (Å²) in [5.74, 6) is -0.00353. The Morgan fingerprint density at radius 2 is 1.61 bits per heavy atom. The standard InChI is InChI=1S/C25H24N2O3S/c1-18(14-17-31(29,30)21-12-15-26-16-13-21)27-19(2)24(22-10-6-7-11-23(22)27)25(28)20-8-4-3-5-9-20/h3-13,15-16,18H,14,17H2,1-2H3. The number of carbonyl (C=O) groups excluding carboxylic acids is 1. The highest BCUT2D eigenvalue weighted by atomic mass is 32.2. The van der Waals surface area contributed by atoms with Gasteiger partial charge in [0.1, 0.15) is 0 Å². The third-order valence-electron chi connectivity index (χ3n) is 5.67. The molecule has 4 rings (SSSR count). The zero-order chi connectivity index (χ0) is 22.0. The van der Waals surface area contributed by atoms with E-state index in [1.807, 2.05) is 68.4 Å². The minimum absolute atomic E-state index is 0.0199. The molecule has 0 radical (unpaired) electrons. The summed E-state index contributed by atoms with van der Waals surface area (Å²) < 4.78 is 27.5. The lowest BCUT2D eigenvalue weighted by atomic mass is 10.0. The third kappa shape index (κ3) is 4.03. The fourth-order valence-corrected chi connectivity index (χ4v) is 5.52. The van der Waals surface area contributed by atoms with Gasteiger partial charge in [-0.3, -0.25) is 9.78 Å². The van der Waals surface area contributed by atoms with Gasteiger partial charge in [-0.15, -0.1) is 0 Å². The van der Waals surface area contributed by atoms with Gasteiger partial charge in [0.05, 0.1) is 16.2 Å². The van der Waals surface area contributed by atoms with E-state index in [4.69, 9.17) is 0 Å². The number of sulfone groups is 1. The van der Waals surface area contributed by atoms with E-state index >= 15 is 0 Å². The first-order valence-corrected chi connectivity index (χ1v) is 11.9. The number of hydrogen-bond donors (Lipinski definition) is 0. The van der Waals surface area contributed by atoms with Crippen LogP contribution in [0.5, 0.6) is 0 Å². The fourth-order valence-electron chi connectivity index (χ4n) is 4.10. The molecule has 0 fully saturated rings. The first kappa shape index (κ1) is 21.0. The van der Waals surface area contributed by atoms with Crippen LogP contribution in [0.15, 0.2) is 84.0 Å². The lowest BCUT2D eigenvalue weighted by Crippen LogP contribution is -2.15. The largest absolute Gasteiger partial charge is 0.341 e. The molecule has 0 saturated carbocycles. The van der Waals surface area contributed by atoms with Gasteiger partial charge >= 0.3 is 0 Å². The Kier molecular flexibility index (Phi) is 5.74. The van der Waals surface area contributed by atoms with Crippen LogP contribution in [0.3, 0.4) is 0 Å². The summed E-state index contributed by atoms with van der Waals surface area (Å²) in [6, 6.07) is 20.0. The molecule has 158 valence electrons. The molecule has 0 N–H and O–H groups in total. The Morgan fingerprint density at radius 1 is 0.968 bits per heavy atom. The number of nitrogens with zero attached hydrogens (tertiary/aromatic N) is 2. The number of carbonyl (C=O) groups is 1. The molecule has 0 amide bonds. The minimum atomic E-state index is -3.40. The van der Waals surface area contributed by atoms with Gasteiger partial charge in [0.15, 0.2) is 15.6 Å². The van der Waals surface area contributed by atoms with Crippen LogP contribution >= 0.6 is 0 Å². The monoisotopic (exact) mass is 432 g/mol. The van der Waals surface area contributed by atoms with Crippen molar-refractivity contribution in [3.8, 4) is 0 Å². The van der Waals surface area contributed by atoms with Crippen LogP contribution in [0, 0.1) is 6.92 Å². The molecule has 0 aliphatic rings. The molecule has 2 heterocycles. The maximum Gasteiger partial charge on any atom is 0.195 e. The zero-order valence-corrected chi connectivity index (χ0v) is 18.3. The third-order valence-corrected chi connectivity index (χ3v) is 7.44. The van der Waals surface area contributed by atoms with Crippen molar-refractivity contribution in [1.82, 2.24) is 9.55 Å². The van der Waals surface area contributed by atoms with Crippen molar-refractivity contribution in [1.29, 1.82) is 0 Å². The number of aromatic nitrogens is 2. The smallest absolute Gasteiger partial charge is 0.195 e. The van der Waals surface area contributed by atoms with E-state index in [9.17, 15) is 13.2 Å². The summed E-state index contributed by atoms with van der Waals surface area (Å²) in [7, 11) is -3.40. The van der Waals surface area contributed by atoms with Crippen molar-refractivity contribution in [2.75, 3.05) is 5.75 Å². The average Bonchev–Trinajstić information content (AvgIpc) is 3.10. The molecular formula is C25H24N2O3S. The molecule has 0 bridgehead atoms. The van der Waals surface area contributed by atoms with Crippen molar-refractivity contribution in [2.24, 2.45) is 0 Å². The molecule has 0 saturated heterocycles. The first-order valence-electron chi connectivity index (χ1n) is 10.2. The lowest BCUT2D eigenvalue weighted by molar-refractivity contribution is 0.103. The highest BCUT2D eigenvalue weighted by Gasteiger charge is 2.24. The molecule has 5 nitrogen and oxygen atoms in total. The Bertz CT molecular complexity index is 1330. The number of ketones is 1. The van der Waals surface area contributed by atoms with E-state index in [0.717, 1.165) is 16.6 Å². The molecule has 1 atom stereocenters. The summed E-state index contributed by atoms with van der Waals surface area (Å²) in [5, 5.41) is 0.887. The SMILES string of the molecule is Cc1c(C(=O)c2ccccc2)c2ccccc2n1C(C)CCS(=O)(=O)c1ccncc1. The number of benzene rings is 2. The van der Waals surface area contributed by atoms with E-state index in [2.05, 4.69) is 9.55 Å². The molecule has 2 aromatic carbocycles. The van der Waals surface area contributed by atoms with Gasteiger partial charge in [0, 0.05) is 40.6 Å². The molecule has 1 unspecified atom stereocenters. The summed E-state index contributed by atoms with van der Waals surface area (Å²) in [4.78, 5) is 17.5. The van der Waals surface area contributed by atoms with Crippen molar-refractivity contribution in [3.63, 3.8) is 0 Å². The molecule has 0 aliphatic carbocycles. The van der Waals surface area contributed by atoms with Crippen molar-refractivity contribution in [2.45, 2.75) is 31.2 Å². The number of rotatable bonds is 7. The van der Waals surface area contributed by atoms with E-state index < -0.39 is 9.84 Å². The Morgan fingerprint density at radius 3 is 2.32 bits per heavy atom. The van der Waals surface area contributed by atoms with Gasteiger partial charge in [0.25, 0.3) is 0 Å². The zero-order valence-electron chi connectivity index (χ0n) is 17.5. The van der Waals surface area contributed by atoms with E-state index in [0.29, 0.717) is 17.5 Å². The molecular weight excluding hydrogens is 408 g/mol. The van der Waals surface area contributed by atoms with Gasteiger partial charge in [-0.1, -0.05) is 48.5 Å². The van der Waals surface area contributed by atoms with Gasteiger partial charge in [-0.2, -0.15) is 0 Å². The predicted molar refractivity (Wildman–Crippen MR) is 122 cm³/mol. The average molecular weight is 433 g/mol. The number of hydrogen-bond acceptors (Lipinski definition) is 4. The maximum absolute atomic E-state index is 13.3. The second kappa shape index (κ2) is 8.47. The second-order valence-corrected chi connectivity index (χ2v) is 9.79. The number of fused-ring (bicyclic) bond motifs is 1. The van der Waals surface area contributed by atoms with Crippen molar-refractivity contribution in [3.05, 3.63) is 95.9 Å². The highest BCUT2D eigenvalue weighted by Crippen LogP contribution is 2.32. The van der Waals surface area contributed by atoms with Crippen LogP contribution in [0.1, 0.15) is 41.0 Å². The highest BCUT2D eigenvalue weighted by molar-refractivity contribution is 7.91. The Hall–Kier alpha value is -3.25. The Balaban J connectivity index is 1.70. The van der Waals surface area contributed by atoms with Crippen LogP contribution in [0.25, 0.3) is 10.9 Å². The summed E-state index contributed by atoms with van der Waals surface area (Å²) in [5.41, 5.74) is 3.10. The second-order valence-electron chi connectivity index (χ2n) is 7.68. The Labute approximate surface area is 182 Å². The lowest BCUT2D eigenvalue weighted by Gasteiger charge is -2.18. The summed E-state index contributed by atoms with van der Waals surface area (Å²) in [6.45, 7) is 3.93. The maximum atomic E-state index is 13.3. The van der Waals surface area contributed by atoms with Crippen LogP contribution in [-0.2, 0) is 9.84 Å².